The zero-order valence-corrected chi connectivity index (χ0v) is 23.3. The molecule has 2 fully saturated rings. The molecule has 2 aliphatic rings. The van der Waals surface area contributed by atoms with Crippen LogP contribution in [0.1, 0.15) is 28.1 Å². The Morgan fingerprint density at radius 1 is 0.972 bits per heavy atom. The number of benzene rings is 2. The lowest BCUT2D eigenvalue weighted by molar-refractivity contribution is -0.113. The van der Waals surface area contributed by atoms with Crippen molar-refractivity contribution in [3.8, 4) is 5.69 Å². The van der Waals surface area contributed by atoms with E-state index < -0.39 is 0 Å². The minimum absolute atomic E-state index is 0.148. The normalized spacial score (nSPS) is 17.3. The van der Waals surface area contributed by atoms with Gasteiger partial charge in [0, 0.05) is 34.6 Å². The number of halogens is 1. The number of nitrogens with zero attached hydrogens (tertiary/aromatic N) is 3. The number of amides is 1. The van der Waals surface area contributed by atoms with Gasteiger partial charge in [-0.15, -0.1) is 0 Å². The highest BCUT2D eigenvalue weighted by molar-refractivity contribution is 9.10. The van der Waals surface area contributed by atoms with Crippen molar-refractivity contribution in [2.45, 2.75) is 27.7 Å². The lowest BCUT2D eigenvalue weighted by atomic mass is 10.1. The van der Waals surface area contributed by atoms with Crippen LogP contribution in [0.25, 0.3) is 11.8 Å². The number of morpholine rings is 1. The molecule has 6 nitrogen and oxygen atoms in total. The van der Waals surface area contributed by atoms with Crippen molar-refractivity contribution in [3.05, 3.63) is 80.7 Å². The van der Waals surface area contributed by atoms with Crippen LogP contribution in [0.15, 0.2) is 52.6 Å². The number of nitrogens with one attached hydrogen (secondary N) is 1. The van der Waals surface area contributed by atoms with Crippen molar-refractivity contribution < 1.29 is 9.53 Å². The fourth-order valence-corrected chi connectivity index (χ4v) is 5.73. The second-order valence-corrected chi connectivity index (χ2v) is 10.5. The van der Waals surface area contributed by atoms with Crippen LogP contribution in [0.5, 0.6) is 0 Å². The number of rotatable bonds is 4. The zero-order chi connectivity index (χ0) is 25.6. The van der Waals surface area contributed by atoms with Crippen molar-refractivity contribution in [2.24, 2.45) is 0 Å². The van der Waals surface area contributed by atoms with Gasteiger partial charge in [-0.2, -0.15) is 0 Å². The molecule has 2 aromatic carbocycles. The Hall–Kier alpha value is -2.94. The van der Waals surface area contributed by atoms with Crippen molar-refractivity contribution in [3.63, 3.8) is 0 Å². The summed E-state index contributed by atoms with van der Waals surface area (Å²) in [5, 5.41) is 3.51. The Bertz CT molecular complexity index is 1400. The zero-order valence-electron chi connectivity index (χ0n) is 20.9. The van der Waals surface area contributed by atoms with E-state index >= 15 is 0 Å². The number of aromatic nitrogens is 1. The second-order valence-electron chi connectivity index (χ2n) is 9.29. The SMILES string of the molecule is Cc1ccc(N2C(=O)/C(=C/c3cc(C)n(-c4ccc(N5CCOCC5)c(Br)c4)c3C)NC2=S)cc1C. The van der Waals surface area contributed by atoms with E-state index in [9.17, 15) is 4.79 Å². The lowest BCUT2D eigenvalue weighted by Gasteiger charge is -2.30. The van der Waals surface area contributed by atoms with Gasteiger partial charge in [-0.3, -0.25) is 9.69 Å². The van der Waals surface area contributed by atoms with Gasteiger partial charge in [-0.25, -0.2) is 0 Å². The van der Waals surface area contributed by atoms with Gasteiger partial charge in [0.05, 0.1) is 24.6 Å². The van der Waals surface area contributed by atoms with Crippen molar-refractivity contribution in [1.82, 2.24) is 9.88 Å². The second kappa shape index (κ2) is 9.84. The molecular formula is C28H29BrN4O2S. The summed E-state index contributed by atoms with van der Waals surface area (Å²) in [5.74, 6) is -0.148. The number of carbonyl (C=O) groups is 1. The van der Waals surface area contributed by atoms with Gasteiger partial charge in [0.25, 0.3) is 5.91 Å². The molecule has 0 unspecified atom stereocenters. The molecule has 2 saturated heterocycles. The van der Waals surface area contributed by atoms with E-state index in [1.807, 2.05) is 31.2 Å². The molecule has 186 valence electrons. The molecule has 0 saturated carbocycles. The van der Waals surface area contributed by atoms with Crippen LogP contribution in [0.4, 0.5) is 11.4 Å². The molecule has 1 aromatic heterocycles. The average Bonchev–Trinajstić information content (AvgIpc) is 3.29. The molecule has 0 atom stereocenters. The summed E-state index contributed by atoms with van der Waals surface area (Å²) in [7, 11) is 0. The number of carbonyl (C=O) groups excluding carboxylic acids is 1. The first-order valence-corrected chi connectivity index (χ1v) is 13.2. The highest BCUT2D eigenvalue weighted by Crippen LogP contribution is 2.32. The maximum absolute atomic E-state index is 13.3. The number of ether oxygens (including phenoxy) is 1. The molecule has 1 amide bonds. The van der Waals surface area contributed by atoms with Gasteiger partial charge in [0.1, 0.15) is 5.70 Å². The summed E-state index contributed by atoms with van der Waals surface area (Å²) < 4.78 is 8.75. The minimum Gasteiger partial charge on any atom is -0.378 e. The number of anilines is 2. The molecule has 3 heterocycles. The van der Waals surface area contributed by atoms with Crippen LogP contribution in [-0.2, 0) is 9.53 Å². The highest BCUT2D eigenvalue weighted by atomic mass is 79.9. The predicted molar refractivity (Wildman–Crippen MR) is 153 cm³/mol. The van der Waals surface area contributed by atoms with E-state index in [1.165, 1.54) is 11.3 Å². The van der Waals surface area contributed by atoms with E-state index in [2.05, 4.69) is 75.8 Å². The van der Waals surface area contributed by atoms with Crippen LogP contribution in [0.2, 0.25) is 0 Å². The number of hydrogen-bond donors (Lipinski definition) is 1. The van der Waals surface area contributed by atoms with E-state index in [-0.39, 0.29) is 5.91 Å². The first-order valence-electron chi connectivity index (χ1n) is 12.0. The summed E-state index contributed by atoms with van der Waals surface area (Å²) in [6, 6.07) is 14.5. The van der Waals surface area contributed by atoms with Crippen LogP contribution < -0.4 is 15.1 Å². The third-order valence-electron chi connectivity index (χ3n) is 6.94. The van der Waals surface area contributed by atoms with Gasteiger partial charge in [-0.1, -0.05) is 6.07 Å². The molecule has 8 heteroatoms. The van der Waals surface area contributed by atoms with Gasteiger partial charge in [0.2, 0.25) is 0 Å². The third kappa shape index (κ3) is 4.49. The molecular weight excluding hydrogens is 536 g/mol. The van der Waals surface area contributed by atoms with Crippen LogP contribution >= 0.6 is 28.1 Å². The largest absolute Gasteiger partial charge is 0.378 e. The maximum atomic E-state index is 13.3. The molecule has 1 N–H and O–H groups in total. The van der Waals surface area contributed by atoms with E-state index in [1.54, 1.807) is 4.90 Å². The monoisotopic (exact) mass is 564 g/mol. The first kappa shape index (κ1) is 24.7. The van der Waals surface area contributed by atoms with Crippen LogP contribution in [0.3, 0.4) is 0 Å². The van der Waals surface area contributed by atoms with Crippen molar-refractivity contribution in [1.29, 1.82) is 0 Å². The Balaban J connectivity index is 1.44. The van der Waals surface area contributed by atoms with Crippen molar-refractivity contribution >= 4 is 56.6 Å². The predicted octanol–water partition coefficient (Wildman–Crippen LogP) is 5.57. The Labute approximate surface area is 225 Å². The first-order chi connectivity index (χ1) is 17.2. The third-order valence-corrected chi connectivity index (χ3v) is 7.86. The standard InChI is InChI=1S/C28H29BrN4O2S/c1-17-5-6-22(13-18(17)2)33-27(34)25(30-28(33)36)15-21-14-19(3)32(20(21)4)23-7-8-26(24(29)16-23)31-9-11-35-12-10-31/h5-8,13-16H,9-12H2,1-4H3,(H,30,36)/b25-15-. The van der Waals surface area contributed by atoms with E-state index in [4.69, 9.17) is 17.0 Å². The van der Waals surface area contributed by atoms with Crippen LogP contribution in [-0.4, -0.2) is 41.9 Å². The summed E-state index contributed by atoms with van der Waals surface area (Å²) in [4.78, 5) is 17.2. The average molecular weight is 566 g/mol. The number of hydrogen-bond acceptors (Lipinski definition) is 4. The Kier molecular flexibility index (Phi) is 6.76. The summed E-state index contributed by atoms with van der Waals surface area (Å²) in [5.41, 5.74) is 8.90. The van der Waals surface area contributed by atoms with Crippen molar-refractivity contribution in [2.75, 3.05) is 36.1 Å². The lowest BCUT2D eigenvalue weighted by Crippen LogP contribution is -2.36. The van der Waals surface area contributed by atoms with Gasteiger partial charge < -0.3 is 19.5 Å². The molecule has 0 aliphatic carbocycles. The molecule has 0 bridgehead atoms. The molecule has 5 rings (SSSR count). The van der Waals surface area contributed by atoms with E-state index in [0.29, 0.717) is 10.8 Å². The van der Waals surface area contributed by atoms with Gasteiger partial charge in [-0.05, 0) is 115 Å². The van der Waals surface area contributed by atoms with E-state index in [0.717, 1.165) is 64.7 Å². The molecule has 0 radical (unpaired) electrons. The maximum Gasteiger partial charge on any atom is 0.281 e. The Morgan fingerprint density at radius 3 is 2.39 bits per heavy atom. The summed E-state index contributed by atoms with van der Waals surface area (Å²) >= 11 is 9.30. The van der Waals surface area contributed by atoms with Gasteiger partial charge >= 0.3 is 0 Å². The molecule has 0 spiro atoms. The highest BCUT2D eigenvalue weighted by Gasteiger charge is 2.32. The van der Waals surface area contributed by atoms with Gasteiger partial charge in [0.15, 0.2) is 5.11 Å². The number of aryl methyl sites for hydroxylation is 3. The topological polar surface area (TPSA) is 49.7 Å². The molecule has 3 aromatic rings. The fraction of sp³-hybridized carbons (Fsp3) is 0.286. The minimum atomic E-state index is -0.148. The summed E-state index contributed by atoms with van der Waals surface area (Å²) in [6.45, 7) is 11.5. The van der Waals surface area contributed by atoms with Crippen LogP contribution in [0, 0.1) is 27.7 Å². The smallest absolute Gasteiger partial charge is 0.281 e. The quantitative estimate of drug-likeness (QED) is 0.331. The Morgan fingerprint density at radius 2 is 1.69 bits per heavy atom. The molecule has 36 heavy (non-hydrogen) atoms. The molecule has 2 aliphatic heterocycles. The fourth-order valence-electron chi connectivity index (χ4n) is 4.82. The summed E-state index contributed by atoms with van der Waals surface area (Å²) in [6.07, 6.45) is 1.89. The number of thiocarbonyl (C=S) groups is 1.